The van der Waals surface area contributed by atoms with Gasteiger partial charge in [-0.05, 0) is 70.7 Å². The largest absolute Gasteiger partial charge is 0.320 e. The molecule has 3 heteroatoms. The zero-order valence-corrected chi connectivity index (χ0v) is 12.1. The summed E-state index contributed by atoms with van der Waals surface area (Å²) >= 11 is 0. The topological polar surface area (TPSA) is 18.5 Å². The molecule has 0 aromatic carbocycles. The molecular weight excluding hydrogens is 222 g/mol. The van der Waals surface area contributed by atoms with Crippen LogP contribution in [0.5, 0.6) is 0 Å². The van der Waals surface area contributed by atoms with Crippen LogP contribution >= 0.6 is 0 Å². The van der Waals surface area contributed by atoms with Gasteiger partial charge in [0, 0.05) is 18.6 Å². The molecule has 4 fully saturated rings. The Morgan fingerprint density at radius 3 is 2.67 bits per heavy atom. The van der Waals surface area contributed by atoms with Crippen LogP contribution in [-0.4, -0.2) is 61.7 Å². The highest BCUT2D eigenvalue weighted by atomic mass is 15.3. The summed E-state index contributed by atoms with van der Waals surface area (Å²) in [7, 11) is 2.07. The molecule has 4 heterocycles. The van der Waals surface area contributed by atoms with E-state index in [1.807, 2.05) is 0 Å². The van der Waals surface area contributed by atoms with Crippen LogP contribution in [0.4, 0.5) is 0 Å². The summed E-state index contributed by atoms with van der Waals surface area (Å²) in [4.78, 5) is 5.60. The Balaban J connectivity index is 1.70. The molecule has 0 aliphatic carbocycles. The van der Waals surface area contributed by atoms with Crippen molar-refractivity contribution in [2.24, 2.45) is 11.8 Å². The number of rotatable bonds is 5. The van der Waals surface area contributed by atoms with E-state index in [0.29, 0.717) is 0 Å². The van der Waals surface area contributed by atoms with Gasteiger partial charge in [-0.1, -0.05) is 6.92 Å². The number of hydrogen-bond acceptors (Lipinski definition) is 3. The molecule has 3 nitrogen and oxygen atoms in total. The zero-order chi connectivity index (χ0) is 12.5. The quantitative estimate of drug-likeness (QED) is 0.745. The Labute approximate surface area is 112 Å². The van der Waals surface area contributed by atoms with E-state index in [1.54, 1.807) is 0 Å². The maximum Gasteiger partial charge on any atom is 0.0294 e. The van der Waals surface area contributed by atoms with Gasteiger partial charge in [0.05, 0.1) is 0 Å². The molecule has 0 amide bonds. The SMILES string of the molecule is CCN1CC2C3CCN(CC3)C2C1CCCNC. The van der Waals surface area contributed by atoms with Gasteiger partial charge in [0.15, 0.2) is 0 Å². The fraction of sp³-hybridized carbons (Fsp3) is 1.00. The third-order valence-corrected chi connectivity index (χ3v) is 5.68. The summed E-state index contributed by atoms with van der Waals surface area (Å²) < 4.78 is 0. The van der Waals surface area contributed by atoms with Crippen molar-refractivity contribution < 1.29 is 0 Å². The second-order valence-electron chi connectivity index (χ2n) is 6.43. The van der Waals surface area contributed by atoms with E-state index < -0.39 is 0 Å². The minimum Gasteiger partial charge on any atom is -0.320 e. The highest BCUT2D eigenvalue weighted by Crippen LogP contribution is 2.44. The third kappa shape index (κ3) is 2.10. The Kier molecular flexibility index (Phi) is 3.92. The molecule has 3 atom stereocenters. The Morgan fingerprint density at radius 1 is 1.22 bits per heavy atom. The van der Waals surface area contributed by atoms with E-state index in [4.69, 9.17) is 0 Å². The number of fused-ring (bicyclic) bond motifs is 2. The van der Waals surface area contributed by atoms with Gasteiger partial charge in [0.25, 0.3) is 0 Å². The predicted molar refractivity (Wildman–Crippen MR) is 75.8 cm³/mol. The van der Waals surface area contributed by atoms with Crippen molar-refractivity contribution >= 4 is 0 Å². The van der Waals surface area contributed by atoms with Crippen molar-refractivity contribution in [1.82, 2.24) is 15.1 Å². The standard InChI is InChI=1S/C15H29N3/c1-3-17-11-13-12-6-9-18(10-7-12)15(13)14(17)5-4-8-16-2/h12-16H,3-11H2,1-2H3. The third-order valence-electron chi connectivity index (χ3n) is 5.68. The maximum absolute atomic E-state index is 3.30. The first-order valence-corrected chi connectivity index (χ1v) is 7.97. The van der Waals surface area contributed by atoms with Crippen molar-refractivity contribution in [2.45, 2.75) is 44.7 Å². The van der Waals surface area contributed by atoms with E-state index >= 15 is 0 Å². The Morgan fingerprint density at radius 2 is 2.00 bits per heavy atom. The van der Waals surface area contributed by atoms with Crippen molar-refractivity contribution in [2.75, 3.05) is 39.8 Å². The summed E-state index contributed by atoms with van der Waals surface area (Å²) in [5.74, 6) is 2.04. The lowest BCUT2D eigenvalue weighted by atomic mass is 9.73. The number of nitrogens with one attached hydrogen (secondary N) is 1. The molecule has 3 unspecified atom stereocenters. The molecule has 2 bridgehead atoms. The van der Waals surface area contributed by atoms with E-state index in [9.17, 15) is 0 Å². The second-order valence-corrected chi connectivity index (χ2v) is 6.43. The lowest BCUT2D eigenvalue weighted by molar-refractivity contribution is 0.00220. The fourth-order valence-corrected chi connectivity index (χ4v) is 4.81. The first-order chi connectivity index (χ1) is 8.85. The molecule has 4 aliphatic rings. The van der Waals surface area contributed by atoms with E-state index in [2.05, 4.69) is 29.1 Å². The summed E-state index contributed by atoms with van der Waals surface area (Å²) in [5, 5.41) is 3.30. The van der Waals surface area contributed by atoms with Gasteiger partial charge in [0.1, 0.15) is 0 Å². The molecule has 18 heavy (non-hydrogen) atoms. The number of likely N-dealkylation sites (tertiary alicyclic amines) is 1. The number of piperidine rings is 3. The minimum atomic E-state index is 0.844. The predicted octanol–water partition coefficient (Wildman–Crippen LogP) is 1.40. The second kappa shape index (κ2) is 5.48. The molecule has 104 valence electrons. The lowest BCUT2D eigenvalue weighted by Crippen LogP contribution is -2.57. The Hall–Kier alpha value is -0.120. The minimum absolute atomic E-state index is 0.844. The van der Waals surface area contributed by atoms with Gasteiger partial charge >= 0.3 is 0 Å². The maximum atomic E-state index is 3.30. The summed E-state index contributed by atoms with van der Waals surface area (Å²) in [6.45, 7) is 8.91. The smallest absolute Gasteiger partial charge is 0.0294 e. The molecular formula is C15H29N3. The summed E-state index contributed by atoms with van der Waals surface area (Å²) in [5.41, 5.74) is 0. The first kappa shape index (κ1) is 12.9. The van der Waals surface area contributed by atoms with E-state index in [1.165, 1.54) is 58.4 Å². The van der Waals surface area contributed by atoms with Crippen LogP contribution in [0.1, 0.15) is 32.6 Å². The Bertz CT molecular complexity index is 273. The van der Waals surface area contributed by atoms with Crippen molar-refractivity contribution in [1.29, 1.82) is 0 Å². The highest BCUT2D eigenvalue weighted by Gasteiger charge is 2.51. The van der Waals surface area contributed by atoms with Crippen molar-refractivity contribution in [3.05, 3.63) is 0 Å². The van der Waals surface area contributed by atoms with Gasteiger partial charge < -0.3 is 5.32 Å². The molecule has 0 aromatic heterocycles. The normalized spacial score (nSPS) is 43.3. The van der Waals surface area contributed by atoms with Gasteiger partial charge in [-0.25, -0.2) is 0 Å². The van der Waals surface area contributed by atoms with Crippen molar-refractivity contribution in [3.63, 3.8) is 0 Å². The van der Waals surface area contributed by atoms with Gasteiger partial charge in [-0.15, -0.1) is 0 Å². The molecule has 1 N–H and O–H groups in total. The molecule has 4 rings (SSSR count). The molecule has 0 aromatic rings. The summed E-state index contributed by atoms with van der Waals surface area (Å²) in [6, 6.07) is 1.74. The molecule has 0 saturated carbocycles. The van der Waals surface area contributed by atoms with Crippen LogP contribution in [0.3, 0.4) is 0 Å². The van der Waals surface area contributed by atoms with Crippen molar-refractivity contribution in [3.8, 4) is 0 Å². The van der Waals surface area contributed by atoms with E-state index in [0.717, 1.165) is 23.9 Å². The van der Waals surface area contributed by atoms with E-state index in [-0.39, 0.29) is 0 Å². The van der Waals surface area contributed by atoms with Gasteiger partial charge in [0.2, 0.25) is 0 Å². The highest BCUT2D eigenvalue weighted by molar-refractivity contribution is 5.06. The number of likely N-dealkylation sites (N-methyl/N-ethyl adjacent to an activating group) is 1. The average Bonchev–Trinajstić information content (AvgIpc) is 2.81. The van der Waals surface area contributed by atoms with Crippen LogP contribution in [0, 0.1) is 11.8 Å². The van der Waals surface area contributed by atoms with Gasteiger partial charge in [-0.2, -0.15) is 0 Å². The fourth-order valence-electron chi connectivity index (χ4n) is 4.81. The van der Waals surface area contributed by atoms with Gasteiger partial charge in [-0.3, -0.25) is 9.80 Å². The van der Waals surface area contributed by atoms with Crippen LogP contribution in [0.15, 0.2) is 0 Å². The first-order valence-electron chi connectivity index (χ1n) is 7.97. The van der Waals surface area contributed by atoms with Crippen LogP contribution in [0.25, 0.3) is 0 Å². The van der Waals surface area contributed by atoms with Crippen LogP contribution < -0.4 is 5.32 Å². The lowest BCUT2D eigenvalue weighted by Gasteiger charge is -2.49. The molecule has 4 saturated heterocycles. The molecule has 0 spiro atoms. The number of hydrogen-bond donors (Lipinski definition) is 1. The zero-order valence-electron chi connectivity index (χ0n) is 12.1. The summed E-state index contributed by atoms with van der Waals surface area (Å²) in [6.07, 6.45) is 5.67. The molecule has 4 aliphatic heterocycles. The van der Waals surface area contributed by atoms with Crippen LogP contribution in [-0.2, 0) is 0 Å². The monoisotopic (exact) mass is 251 g/mol. The van der Waals surface area contributed by atoms with Crippen LogP contribution in [0.2, 0.25) is 0 Å². The molecule has 0 radical (unpaired) electrons. The number of nitrogens with zero attached hydrogens (tertiary/aromatic N) is 2. The average molecular weight is 251 g/mol.